The third-order valence-corrected chi connectivity index (χ3v) is 3.22. The predicted molar refractivity (Wildman–Crippen MR) is 73.0 cm³/mol. The van der Waals surface area contributed by atoms with E-state index in [0.29, 0.717) is 13.1 Å². The monoisotopic (exact) mass is 313 g/mol. The number of carbonyl (C=O) groups excluding carboxylic acids is 2. The minimum absolute atomic E-state index is 0.191. The van der Waals surface area contributed by atoms with Crippen LogP contribution in [0, 0.1) is 0 Å². The molecular formula is C14H14F3N3O2. The van der Waals surface area contributed by atoms with Crippen LogP contribution < -0.4 is 5.43 Å². The lowest BCUT2D eigenvalue weighted by molar-refractivity contribution is -0.145. The summed E-state index contributed by atoms with van der Waals surface area (Å²) in [6, 6.07) is 4.82. The molecule has 0 spiro atoms. The summed E-state index contributed by atoms with van der Waals surface area (Å²) in [7, 11) is 0. The molecule has 1 aromatic carbocycles. The van der Waals surface area contributed by atoms with Gasteiger partial charge in [-0.2, -0.15) is 18.3 Å². The molecule has 0 unspecified atom stereocenters. The average molecular weight is 313 g/mol. The van der Waals surface area contributed by atoms with Crippen molar-refractivity contribution in [2.75, 3.05) is 13.1 Å². The van der Waals surface area contributed by atoms with Gasteiger partial charge in [-0.25, -0.2) is 5.43 Å². The standard InChI is InChI=1S/C14H14F3N3O2/c15-14(16,17)11-6-2-1-5-10(11)9-18-19-12(21)13(22)20-7-3-4-8-20/h1-2,5-6,9H,3-4,7-8H2,(H,19,21)/b18-9-. The predicted octanol–water partition coefficient (Wildman–Crippen LogP) is 1.78. The zero-order valence-corrected chi connectivity index (χ0v) is 11.6. The summed E-state index contributed by atoms with van der Waals surface area (Å²) >= 11 is 0. The summed E-state index contributed by atoms with van der Waals surface area (Å²) in [6.45, 7) is 1.01. The van der Waals surface area contributed by atoms with Crippen LogP contribution in [-0.4, -0.2) is 36.0 Å². The number of nitrogens with one attached hydrogen (secondary N) is 1. The van der Waals surface area contributed by atoms with Gasteiger partial charge in [-0.1, -0.05) is 18.2 Å². The molecule has 118 valence electrons. The smallest absolute Gasteiger partial charge is 0.334 e. The number of hydrogen-bond acceptors (Lipinski definition) is 3. The van der Waals surface area contributed by atoms with Gasteiger partial charge in [0.25, 0.3) is 0 Å². The van der Waals surface area contributed by atoms with Crippen LogP contribution in [0.2, 0.25) is 0 Å². The van der Waals surface area contributed by atoms with Crippen LogP contribution in [0.15, 0.2) is 29.4 Å². The van der Waals surface area contributed by atoms with Crippen molar-refractivity contribution in [3.05, 3.63) is 35.4 Å². The quantitative estimate of drug-likeness (QED) is 0.514. The second-order valence-corrected chi connectivity index (χ2v) is 4.78. The minimum atomic E-state index is -4.52. The fourth-order valence-electron chi connectivity index (χ4n) is 2.14. The van der Waals surface area contributed by atoms with Gasteiger partial charge >= 0.3 is 18.0 Å². The number of hydrazone groups is 1. The second-order valence-electron chi connectivity index (χ2n) is 4.78. The van der Waals surface area contributed by atoms with Crippen molar-refractivity contribution >= 4 is 18.0 Å². The minimum Gasteiger partial charge on any atom is -0.334 e. The Kier molecular flexibility index (Phi) is 4.79. The highest BCUT2D eigenvalue weighted by atomic mass is 19.4. The summed E-state index contributed by atoms with van der Waals surface area (Å²) in [5, 5.41) is 3.44. The lowest BCUT2D eigenvalue weighted by Crippen LogP contribution is -2.39. The van der Waals surface area contributed by atoms with E-state index >= 15 is 0 Å². The Hall–Kier alpha value is -2.38. The van der Waals surface area contributed by atoms with Gasteiger partial charge in [0.15, 0.2) is 0 Å². The average Bonchev–Trinajstić information content (AvgIpc) is 3.00. The van der Waals surface area contributed by atoms with E-state index in [2.05, 4.69) is 5.10 Å². The molecule has 1 N–H and O–H groups in total. The highest BCUT2D eigenvalue weighted by Gasteiger charge is 2.32. The number of rotatable bonds is 2. The normalized spacial score (nSPS) is 15.3. The van der Waals surface area contributed by atoms with Crippen molar-refractivity contribution in [3.8, 4) is 0 Å². The third-order valence-electron chi connectivity index (χ3n) is 3.22. The zero-order valence-electron chi connectivity index (χ0n) is 11.6. The second kappa shape index (κ2) is 6.59. The van der Waals surface area contributed by atoms with E-state index in [9.17, 15) is 22.8 Å². The van der Waals surface area contributed by atoms with Crippen molar-refractivity contribution in [1.82, 2.24) is 10.3 Å². The molecule has 22 heavy (non-hydrogen) atoms. The van der Waals surface area contributed by atoms with Crippen LogP contribution in [0.25, 0.3) is 0 Å². The van der Waals surface area contributed by atoms with Crippen molar-refractivity contribution in [1.29, 1.82) is 0 Å². The van der Waals surface area contributed by atoms with Gasteiger partial charge in [0.2, 0.25) is 0 Å². The van der Waals surface area contributed by atoms with Gasteiger partial charge in [-0.05, 0) is 18.9 Å². The number of amides is 2. The molecule has 1 aliphatic rings. The molecule has 1 saturated heterocycles. The Morgan fingerprint density at radius 1 is 1.18 bits per heavy atom. The molecule has 0 saturated carbocycles. The van der Waals surface area contributed by atoms with E-state index in [4.69, 9.17) is 0 Å². The van der Waals surface area contributed by atoms with E-state index in [1.54, 1.807) is 0 Å². The number of likely N-dealkylation sites (tertiary alicyclic amines) is 1. The maximum atomic E-state index is 12.8. The Labute approximate surface area is 124 Å². The maximum Gasteiger partial charge on any atom is 0.417 e. The lowest BCUT2D eigenvalue weighted by Gasteiger charge is -2.13. The van der Waals surface area contributed by atoms with Gasteiger partial charge in [0.05, 0.1) is 11.8 Å². The molecule has 1 heterocycles. The number of nitrogens with zero attached hydrogens (tertiary/aromatic N) is 2. The highest BCUT2D eigenvalue weighted by molar-refractivity contribution is 6.35. The molecule has 2 amide bonds. The molecule has 5 nitrogen and oxygen atoms in total. The van der Waals surface area contributed by atoms with Crippen LogP contribution in [0.1, 0.15) is 24.0 Å². The Morgan fingerprint density at radius 3 is 2.45 bits per heavy atom. The Morgan fingerprint density at radius 2 is 1.82 bits per heavy atom. The molecule has 1 fully saturated rings. The number of hydrogen-bond donors (Lipinski definition) is 1. The van der Waals surface area contributed by atoms with E-state index < -0.39 is 23.6 Å². The first-order valence-electron chi connectivity index (χ1n) is 6.68. The molecular weight excluding hydrogens is 299 g/mol. The first-order chi connectivity index (χ1) is 10.4. The number of carbonyl (C=O) groups is 2. The van der Waals surface area contributed by atoms with Crippen molar-refractivity contribution in [3.63, 3.8) is 0 Å². The molecule has 8 heteroatoms. The van der Waals surface area contributed by atoms with Crippen molar-refractivity contribution < 1.29 is 22.8 Å². The Balaban J connectivity index is 2.01. The maximum absolute atomic E-state index is 12.8. The van der Waals surface area contributed by atoms with Gasteiger partial charge in [-0.3, -0.25) is 9.59 Å². The molecule has 0 aromatic heterocycles. The zero-order chi connectivity index (χ0) is 16.2. The van der Waals surface area contributed by atoms with Crippen molar-refractivity contribution in [2.24, 2.45) is 5.10 Å². The fourth-order valence-corrected chi connectivity index (χ4v) is 2.14. The van der Waals surface area contributed by atoms with Gasteiger partial charge in [0.1, 0.15) is 0 Å². The summed E-state index contributed by atoms with van der Waals surface area (Å²) in [5.74, 6) is -1.68. The number of benzene rings is 1. The summed E-state index contributed by atoms with van der Waals surface area (Å²) in [6.07, 6.45) is -1.97. The van der Waals surface area contributed by atoms with E-state index in [0.717, 1.165) is 25.1 Å². The molecule has 1 aromatic rings. The van der Waals surface area contributed by atoms with Crippen LogP contribution in [0.3, 0.4) is 0 Å². The van der Waals surface area contributed by atoms with Crippen LogP contribution in [-0.2, 0) is 15.8 Å². The summed E-state index contributed by atoms with van der Waals surface area (Å²) in [4.78, 5) is 24.6. The third kappa shape index (κ3) is 3.84. The van der Waals surface area contributed by atoms with Gasteiger partial charge < -0.3 is 4.90 Å². The SMILES string of the molecule is O=C(N/N=C\c1ccccc1C(F)(F)F)C(=O)N1CCCC1. The van der Waals surface area contributed by atoms with Gasteiger partial charge in [-0.15, -0.1) is 0 Å². The number of alkyl halides is 3. The van der Waals surface area contributed by atoms with E-state index in [1.165, 1.54) is 23.1 Å². The van der Waals surface area contributed by atoms with Crippen LogP contribution >= 0.6 is 0 Å². The van der Waals surface area contributed by atoms with Crippen molar-refractivity contribution in [2.45, 2.75) is 19.0 Å². The number of halogens is 3. The summed E-state index contributed by atoms with van der Waals surface area (Å²) in [5.41, 5.74) is 0.905. The molecule has 0 aliphatic carbocycles. The van der Waals surface area contributed by atoms with E-state index in [1.807, 2.05) is 5.43 Å². The molecule has 1 aliphatic heterocycles. The fraction of sp³-hybridized carbons (Fsp3) is 0.357. The molecule has 0 atom stereocenters. The first-order valence-corrected chi connectivity index (χ1v) is 6.68. The van der Waals surface area contributed by atoms with E-state index in [-0.39, 0.29) is 5.56 Å². The molecule has 2 rings (SSSR count). The Bertz CT molecular complexity index is 593. The van der Waals surface area contributed by atoms with Crippen LogP contribution in [0.4, 0.5) is 13.2 Å². The highest BCUT2D eigenvalue weighted by Crippen LogP contribution is 2.30. The topological polar surface area (TPSA) is 61.8 Å². The summed E-state index contributed by atoms with van der Waals surface area (Å²) < 4.78 is 38.3. The molecule has 0 bridgehead atoms. The molecule has 0 radical (unpaired) electrons. The van der Waals surface area contributed by atoms with Crippen LogP contribution in [0.5, 0.6) is 0 Å². The van der Waals surface area contributed by atoms with Gasteiger partial charge in [0, 0.05) is 18.7 Å². The first kappa shape index (κ1) is 16.0. The lowest BCUT2D eigenvalue weighted by atomic mass is 10.1. The largest absolute Gasteiger partial charge is 0.417 e.